The van der Waals surface area contributed by atoms with Crippen molar-refractivity contribution in [3.63, 3.8) is 0 Å². The molecule has 1 heterocycles. The van der Waals surface area contributed by atoms with E-state index in [0.717, 1.165) is 0 Å². The highest BCUT2D eigenvalue weighted by Gasteiger charge is 2.61. The number of carbonyl (C=O) groups is 5. The lowest BCUT2D eigenvalue weighted by molar-refractivity contribution is -0.182. The van der Waals surface area contributed by atoms with E-state index in [-0.39, 0.29) is 0 Å². The lowest BCUT2D eigenvalue weighted by Gasteiger charge is -2.38. The minimum atomic E-state index is -5.47. The van der Waals surface area contributed by atoms with Gasteiger partial charge in [-0.15, -0.1) is 0 Å². The Bertz CT molecular complexity index is 834. The second-order valence-electron chi connectivity index (χ2n) is 9.94. The number of hydrogen-bond donors (Lipinski definition) is 4. The van der Waals surface area contributed by atoms with Crippen LogP contribution in [0.4, 0.5) is 18.0 Å². The number of rotatable bonds is 10. The monoisotopic (exact) mass is 508 g/mol. The zero-order valence-electron chi connectivity index (χ0n) is 20.8. The Morgan fingerprint density at radius 1 is 1.09 bits per heavy atom. The van der Waals surface area contributed by atoms with Crippen LogP contribution in [0.1, 0.15) is 60.8 Å². The molecular weight excluding hydrogens is 473 g/mol. The van der Waals surface area contributed by atoms with Crippen molar-refractivity contribution >= 4 is 29.4 Å². The fourth-order valence-electron chi connectivity index (χ4n) is 3.68. The molecule has 13 heteroatoms. The Morgan fingerprint density at radius 3 is 2.09 bits per heavy atom. The Morgan fingerprint density at radius 2 is 1.66 bits per heavy atom. The maximum absolute atomic E-state index is 13.6. The summed E-state index contributed by atoms with van der Waals surface area (Å²) in [5, 5.41) is 7.07. The summed E-state index contributed by atoms with van der Waals surface area (Å²) in [4.78, 5) is 62.9. The zero-order valence-corrected chi connectivity index (χ0v) is 20.8. The van der Waals surface area contributed by atoms with Gasteiger partial charge in [0.2, 0.25) is 5.91 Å². The van der Waals surface area contributed by atoms with E-state index < -0.39 is 77.1 Å². The number of carbonyl (C=O) groups excluding carboxylic acids is 5. The number of nitrogens with one attached hydrogen (secondary N) is 3. The van der Waals surface area contributed by atoms with Gasteiger partial charge in [0.05, 0.1) is 18.1 Å². The first-order chi connectivity index (χ1) is 15.8. The van der Waals surface area contributed by atoms with E-state index >= 15 is 0 Å². The van der Waals surface area contributed by atoms with Gasteiger partial charge in [-0.25, -0.2) is 4.79 Å². The van der Waals surface area contributed by atoms with Crippen LogP contribution in [0.15, 0.2) is 0 Å². The number of alkyl halides is 3. The highest BCUT2D eigenvalue weighted by atomic mass is 19.4. The third-order valence-corrected chi connectivity index (χ3v) is 5.54. The van der Waals surface area contributed by atoms with E-state index in [9.17, 15) is 37.1 Å². The minimum absolute atomic E-state index is 0.312. The molecule has 2 amide bonds. The van der Waals surface area contributed by atoms with E-state index in [0.29, 0.717) is 19.4 Å². The van der Waals surface area contributed by atoms with Crippen LogP contribution in [0.2, 0.25) is 0 Å². The molecule has 0 aliphatic carbocycles. The van der Waals surface area contributed by atoms with E-state index in [2.05, 4.69) is 10.6 Å². The largest absolute Gasteiger partial charge is 0.453 e. The first-order valence-electron chi connectivity index (χ1n) is 11.3. The molecule has 4 unspecified atom stereocenters. The van der Waals surface area contributed by atoms with E-state index in [4.69, 9.17) is 10.5 Å². The maximum Gasteiger partial charge on any atom is 0.453 e. The Balaban J connectivity index is 3.17. The average molecular weight is 509 g/mol. The molecule has 1 fully saturated rings. The molecule has 1 saturated heterocycles. The Labute approximate surface area is 202 Å². The fraction of sp³-hybridized carbons (Fsp3) is 0.773. The number of halogens is 3. The van der Waals surface area contributed by atoms with Gasteiger partial charge in [0, 0.05) is 6.42 Å². The average Bonchev–Trinajstić information content (AvgIpc) is 3.23. The molecule has 0 saturated carbocycles. The summed E-state index contributed by atoms with van der Waals surface area (Å²) in [6.45, 7) is 8.89. The summed E-state index contributed by atoms with van der Waals surface area (Å²) in [6.07, 6.45) is -6.27. The van der Waals surface area contributed by atoms with E-state index in [1.54, 1.807) is 20.8 Å². The van der Waals surface area contributed by atoms with Crippen LogP contribution >= 0.6 is 0 Å². The molecular formula is C22H35F3N4O6. The fourth-order valence-corrected chi connectivity index (χ4v) is 3.68. The molecule has 0 spiro atoms. The summed E-state index contributed by atoms with van der Waals surface area (Å²) >= 11 is 0. The smallest absolute Gasteiger partial charge is 0.444 e. The molecule has 1 rings (SSSR count). The van der Waals surface area contributed by atoms with Crippen LogP contribution in [0, 0.1) is 5.92 Å². The molecule has 0 radical (unpaired) electrons. The predicted octanol–water partition coefficient (Wildman–Crippen LogP) is 1.15. The first kappa shape index (κ1) is 30.5. The number of hydrogen-bond acceptors (Lipinski definition) is 8. The van der Waals surface area contributed by atoms with Crippen molar-refractivity contribution in [1.82, 2.24) is 16.0 Å². The predicted molar refractivity (Wildman–Crippen MR) is 119 cm³/mol. The van der Waals surface area contributed by atoms with Gasteiger partial charge in [0.15, 0.2) is 17.1 Å². The quantitative estimate of drug-likeness (QED) is 0.320. The van der Waals surface area contributed by atoms with Crippen LogP contribution in [0.3, 0.4) is 0 Å². The minimum Gasteiger partial charge on any atom is -0.444 e. The van der Waals surface area contributed by atoms with Crippen molar-refractivity contribution in [1.29, 1.82) is 0 Å². The normalized spacial score (nSPS) is 19.9. The Kier molecular flexibility index (Phi) is 9.99. The van der Waals surface area contributed by atoms with Gasteiger partial charge in [-0.3, -0.25) is 19.2 Å². The molecule has 4 atom stereocenters. The van der Waals surface area contributed by atoms with Crippen LogP contribution < -0.4 is 21.7 Å². The standard InChI is InChI=1S/C22H35F3N4O6/c1-11(2)21(18(33)22(23,24)25,29-17(32)14-8-7-9-27-14)16(31)13(26)10-15(30)12(3)28-19(34)35-20(4,5)6/h11-14,27H,7-10,26H2,1-6H3,(H,28,34)(H,29,32). The van der Waals surface area contributed by atoms with Gasteiger partial charge in [0.1, 0.15) is 5.60 Å². The maximum atomic E-state index is 13.6. The van der Waals surface area contributed by atoms with Gasteiger partial charge in [-0.05, 0) is 53.0 Å². The lowest BCUT2D eigenvalue weighted by Crippen LogP contribution is -2.71. The number of alkyl carbamates (subject to hydrolysis) is 1. The molecule has 0 aromatic carbocycles. The molecule has 200 valence electrons. The SMILES string of the molecule is CC(NC(=O)OC(C)(C)C)C(=O)CC(N)C(=O)C(NC(=O)C1CCCN1)(C(=O)C(F)(F)F)C(C)C. The first-order valence-corrected chi connectivity index (χ1v) is 11.3. The van der Waals surface area contributed by atoms with Gasteiger partial charge in [0.25, 0.3) is 5.78 Å². The molecule has 1 aliphatic heterocycles. The third kappa shape index (κ3) is 7.99. The van der Waals surface area contributed by atoms with Gasteiger partial charge in [-0.1, -0.05) is 13.8 Å². The number of ether oxygens (including phenoxy) is 1. The van der Waals surface area contributed by atoms with Crippen LogP contribution in [0.25, 0.3) is 0 Å². The summed E-state index contributed by atoms with van der Waals surface area (Å²) in [5.41, 5.74) is 1.95. The van der Waals surface area contributed by atoms with Crippen LogP contribution in [-0.2, 0) is 23.9 Å². The number of amides is 2. The molecule has 0 aromatic rings. The summed E-state index contributed by atoms with van der Waals surface area (Å²) in [5.74, 6) is -6.98. The molecule has 0 aromatic heterocycles. The van der Waals surface area contributed by atoms with Crippen molar-refractivity contribution in [2.75, 3.05) is 6.54 Å². The van der Waals surface area contributed by atoms with Crippen molar-refractivity contribution in [3.05, 3.63) is 0 Å². The number of nitrogens with two attached hydrogens (primary N) is 1. The van der Waals surface area contributed by atoms with Crippen molar-refractivity contribution < 1.29 is 41.9 Å². The number of ketones is 3. The van der Waals surface area contributed by atoms with E-state index in [1.807, 2.05) is 5.32 Å². The highest BCUT2D eigenvalue weighted by molar-refractivity contribution is 6.18. The van der Waals surface area contributed by atoms with Crippen molar-refractivity contribution in [3.8, 4) is 0 Å². The summed E-state index contributed by atoms with van der Waals surface area (Å²) in [6, 6.07) is -3.93. The third-order valence-electron chi connectivity index (χ3n) is 5.54. The van der Waals surface area contributed by atoms with Gasteiger partial charge in [-0.2, -0.15) is 13.2 Å². The van der Waals surface area contributed by atoms with Crippen molar-refractivity contribution in [2.24, 2.45) is 11.7 Å². The second kappa shape index (κ2) is 11.5. The van der Waals surface area contributed by atoms with Gasteiger partial charge >= 0.3 is 12.3 Å². The molecule has 10 nitrogen and oxygen atoms in total. The van der Waals surface area contributed by atoms with Crippen LogP contribution in [-0.4, -0.2) is 71.3 Å². The summed E-state index contributed by atoms with van der Waals surface area (Å²) < 4.78 is 45.8. The lowest BCUT2D eigenvalue weighted by atomic mass is 9.74. The topological polar surface area (TPSA) is 157 Å². The molecule has 1 aliphatic rings. The highest BCUT2D eigenvalue weighted by Crippen LogP contribution is 2.31. The van der Waals surface area contributed by atoms with Crippen molar-refractivity contribution in [2.45, 2.75) is 96.2 Å². The van der Waals surface area contributed by atoms with Gasteiger partial charge < -0.3 is 26.4 Å². The zero-order chi connectivity index (χ0) is 27.4. The number of Topliss-reactive ketones (excluding diaryl/α,β-unsaturated/α-hetero) is 3. The van der Waals surface area contributed by atoms with E-state index in [1.165, 1.54) is 20.8 Å². The summed E-state index contributed by atoms with van der Waals surface area (Å²) in [7, 11) is 0. The Hall–Kier alpha value is -2.54. The molecule has 0 bridgehead atoms. The second-order valence-corrected chi connectivity index (χ2v) is 9.94. The molecule has 5 N–H and O–H groups in total. The molecule has 35 heavy (non-hydrogen) atoms. The van der Waals surface area contributed by atoms with Crippen LogP contribution in [0.5, 0.6) is 0 Å².